The second-order valence-corrected chi connectivity index (χ2v) is 6.56. The molecule has 0 saturated heterocycles. The minimum Gasteiger partial charge on any atom is -0.392 e. The molecule has 1 nitrogen and oxygen atoms in total. The van der Waals surface area contributed by atoms with Crippen LogP contribution in [0.15, 0.2) is 46.6 Å². The number of rotatable bonds is 2. The fourth-order valence-electron chi connectivity index (χ4n) is 2.60. The lowest BCUT2D eigenvalue weighted by atomic mass is 9.94. The van der Waals surface area contributed by atoms with Gasteiger partial charge in [0, 0.05) is 0 Å². The summed E-state index contributed by atoms with van der Waals surface area (Å²) in [5, 5.41) is 9.51. The third-order valence-electron chi connectivity index (χ3n) is 4.26. The summed E-state index contributed by atoms with van der Waals surface area (Å²) >= 11 is 0. The van der Waals surface area contributed by atoms with Gasteiger partial charge in [-0.05, 0) is 63.9 Å². The molecule has 21 heavy (non-hydrogen) atoms. The van der Waals surface area contributed by atoms with Gasteiger partial charge in [0.15, 0.2) is 0 Å². The van der Waals surface area contributed by atoms with Crippen molar-refractivity contribution in [3.63, 3.8) is 0 Å². The number of hydrogen-bond acceptors (Lipinski definition) is 1. The number of allylic oxidation sites excluding steroid dienone is 7. The average molecular weight is 288 g/mol. The molecule has 0 aliphatic heterocycles. The molecule has 0 heterocycles. The van der Waals surface area contributed by atoms with Crippen LogP contribution in [0.25, 0.3) is 0 Å². The standard InChI is InChI=1S/C20H32O/c1-16(2)20-13-11-18(4)8-5-7-17(3)9-6-10-19(15-21)12-14-20/h7,10-11,13,16,21H,5-6,8-9,12,14-15H2,1-4H3/b17-7+,18-11+,19-10-,20-13+. The first-order valence-electron chi connectivity index (χ1n) is 8.33. The first-order chi connectivity index (χ1) is 10.0. The Balaban J connectivity index is 2.92. The minimum absolute atomic E-state index is 0.197. The SMILES string of the molecule is C/C1=C\CC/C(C)=C/C=C(/C(C)C)CC/C(CO)=C/CC1. The highest BCUT2D eigenvalue weighted by atomic mass is 16.3. The van der Waals surface area contributed by atoms with Gasteiger partial charge in [-0.15, -0.1) is 0 Å². The van der Waals surface area contributed by atoms with Gasteiger partial charge in [0.05, 0.1) is 6.61 Å². The average Bonchev–Trinajstić information content (AvgIpc) is 2.44. The Labute approximate surface area is 131 Å². The third kappa shape index (κ3) is 7.47. The van der Waals surface area contributed by atoms with E-state index in [0.717, 1.165) is 38.5 Å². The highest BCUT2D eigenvalue weighted by molar-refractivity contribution is 5.20. The van der Waals surface area contributed by atoms with Crippen LogP contribution in [-0.4, -0.2) is 11.7 Å². The van der Waals surface area contributed by atoms with Crippen LogP contribution in [0.1, 0.15) is 66.2 Å². The third-order valence-corrected chi connectivity index (χ3v) is 4.26. The lowest BCUT2D eigenvalue weighted by Crippen LogP contribution is -1.98. The zero-order valence-corrected chi connectivity index (χ0v) is 14.3. The molecule has 1 heteroatoms. The summed E-state index contributed by atoms with van der Waals surface area (Å²) in [7, 11) is 0. The highest BCUT2D eigenvalue weighted by Crippen LogP contribution is 2.21. The van der Waals surface area contributed by atoms with Gasteiger partial charge in [0.2, 0.25) is 0 Å². The predicted octanol–water partition coefficient (Wildman–Crippen LogP) is 5.73. The topological polar surface area (TPSA) is 20.2 Å². The Bertz CT molecular complexity index is 433. The van der Waals surface area contributed by atoms with E-state index in [0.29, 0.717) is 5.92 Å². The first-order valence-corrected chi connectivity index (χ1v) is 8.33. The predicted molar refractivity (Wildman–Crippen MR) is 93.3 cm³/mol. The Morgan fingerprint density at radius 3 is 2.24 bits per heavy atom. The van der Waals surface area contributed by atoms with Crippen molar-refractivity contribution in [3.8, 4) is 0 Å². The van der Waals surface area contributed by atoms with E-state index in [1.165, 1.54) is 22.3 Å². The Morgan fingerprint density at radius 2 is 1.57 bits per heavy atom. The van der Waals surface area contributed by atoms with Crippen LogP contribution in [0.3, 0.4) is 0 Å². The highest BCUT2D eigenvalue weighted by Gasteiger charge is 2.05. The molecule has 1 aliphatic carbocycles. The van der Waals surface area contributed by atoms with Crippen LogP contribution in [0, 0.1) is 5.92 Å². The largest absolute Gasteiger partial charge is 0.392 e. The lowest BCUT2D eigenvalue weighted by Gasteiger charge is -2.13. The molecule has 1 aliphatic rings. The van der Waals surface area contributed by atoms with Crippen LogP contribution in [0.4, 0.5) is 0 Å². The van der Waals surface area contributed by atoms with E-state index in [9.17, 15) is 5.11 Å². The molecule has 0 unspecified atom stereocenters. The summed E-state index contributed by atoms with van der Waals surface area (Å²) in [6, 6.07) is 0. The molecular weight excluding hydrogens is 256 g/mol. The molecule has 0 spiro atoms. The van der Waals surface area contributed by atoms with Gasteiger partial charge < -0.3 is 5.11 Å². The van der Waals surface area contributed by atoms with Gasteiger partial charge in [-0.1, -0.05) is 54.9 Å². The molecular formula is C20H32O. The smallest absolute Gasteiger partial charge is 0.0641 e. The lowest BCUT2D eigenvalue weighted by molar-refractivity contribution is 0.325. The van der Waals surface area contributed by atoms with Gasteiger partial charge in [0.1, 0.15) is 0 Å². The number of aliphatic hydroxyl groups excluding tert-OH is 1. The maximum atomic E-state index is 9.51. The van der Waals surface area contributed by atoms with Gasteiger partial charge >= 0.3 is 0 Å². The van der Waals surface area contributed by atoms with E-state index in [1.54, 1.807) is 0 Å². The molecule has 118 valence electrons. The molecule has 0 radical (unpaired) electrons. The Kier molecular flexibility index (Phi) is 8.37. The summed E-state index contributed by atoms with van der Waals surface area (Å²) in [6.45, 7) is 9.15. The van der Waals surface area contributed by atoms with Crippen molar-refractivity contribution in [1.29, 1.82) is 0 Å². The Morgan fingerprint density at radius 1 is 0.905 bits per heavy atom. The second-order valence-electron chi connectivity index (χ2n) is 6.56. The van der Waals surface area contributed by atoms with Crippen molar-refractivity contribution < 1.29 is 5.11 Å². The molecule has 0 bridgehead atoms. The van der Waals surface area contributed by atoms with Crippen molar-refractivity contribution in [2.24, 2.45) is 5.92 Å². The molecule has 0 saturated carbocycles. The monoisotopic (exact) mass is 288 g/mol. The molecule has 1 N–H and O–H groups in total. The summed E-state index contributed by atoms with van der Waals surface area (Å²) in [4.78, 5) is 0. The first kappa shape index (κ1) is 18.0. The Hall–Kier alpha value is -1.08. The number of aliphatic hydroxyl groups is 1. The van der Waals surface area contributed by atoms with Gasteiger partial charge in [-0.25, -0.2) is 0 Å². The molecule has 0 amide bonds. The molecule has 0 aromatic heterocycles. The minimum atomic E-state index is 0.197. The zero-order valence-electron chi connectivity index (χ0n) is 14.3. The molecule has 0 fully saturated rings. The van der Waals surface area contributed by atoms with Crippen LogP contribution in [0.2, 0.25) is 0 Å². The van der Waals surface area contributed by atoms with Crippen LogP contribution < -0.4 is 0 Å². The maximum Gasteiger partial charge on any atom is 0.0641 e. The van der Waals surface area contributed by atoms with Gasteiger partial charge in [-0.3, -0.25) is 0 Å². The number of hydrogen-bond donors (Lipinski definition) is 1. The van der Waals surface area contributed by atoms with Crippen LogP contribution in [0.5, 0.6) is 0 Å². The zero-order chi connectivity index (χ0) is 15.7. The molecule has 0 atom stereocenters. The van der Waals surface area contributed by atoms with E-state index in [4.69, 9.17) is 0 Å². The molecule has 0 aromatic carbocycles. The van der Waals surface area contributed by atoms with Gasteiger partial charge in [-0.2, -0.15) is 0 Å². The van der Waals surface area contributed by atoms with Crippen molar-refractivity contribution in [2.45, 2.75) is 66.2 Å². The van der Waals surface area contributed by atoms with Crippen LogP contribution in [-0.2, 0) is 0 Å². The summed E-state index contributed by atoms with van der Waals surface area (Å²) < 4.78 is 0. The van der Waals surface area contributed by atoms with E-state index < -0.39 is 0 Å². The normalized spacial score (nSPS) is 29.2. The summed E-state index contributed by atoms with van der Waals surface area (Å²) in [5.41, 5.74) is 5.59. The van der Waals surface area contributed by atoms with E-state index in [-0.39, 0.29) is 6.61 Å². The van der Waals surface area contributed by atoms with E-state index >= 15 is 0 Å². The van der Waals surface area contributed by atoms with Crippen molar-refractivity contribution in [2.75, 3.05) is 6.61 Å². The van der Waals surface area contributed by atoms with Crippen LogP contribution >= 0.6 is 0 Å². The summed E-state index contributed by atoms with van der Waals surface area (Å²) in [5.74, 6) is 0.573. The van der Waals surface area contributed by atoms with Crippen molar-refractivity contribution in [3.05, 3.63) is 46.6 Å². The van der Waals surface area contributed by atoms with Crippen molar-refractivity contribution in [1.82, 2.24) is 0 Å². The second kappa shape index (κ2) is 9.78. The van der Waals surface area contributed by atoms with Crippen molar-refractivity contribution >= 4 is 0 Å². The fourth-order valence-corrected chi connectivity index (χ4v) is 2.60. The van der Waals surface area contributed by atoms with E-state index in [2.05, 4.69) is 52.0 Å². The molecule has 1 rings (SSSR count). The summed E-state index contributed by atoms with van der Waals surface area (Å²) in [6.07, 6.45) is 15.7. The maximum absolute atomic E-state index is 9.51. The van der Waals surface area contributed by atoms with E-state index in [1.807, 2.05) is 0 Å². The van der Waals surface area contributed by atoms with Gasteiger partial charge in [0.25, 0.3) is 0 Å². The quantitative estimate of drug-likeness (QED) is 0.643. The molecule has 0 aromatic rings. The fraction of sp³-hybridized carbons (Fsp3) is 0.600.